The summed E-state index contributed by atoms with van der Waals surface area (Å²) in [5.74, 6) is -0.239. The molecule has 0 spiro atoms. The molecular formula is C27H29F2N3O6. The van der Waals surface area contributed by atoms with Gasteiger partial charge in [0.2, 0.25) is 5.89 Å². The van der Waals surface area contributed by atoms with E-state index in [1.807, 2.05) is 0 Å². The molecule has 0 aliphatic heterocycles. The lowest BCUT2D eigenvalue weighted by molar-refractivity contribution is -0.142. The summed E-state index contributed by atoms with van der Waals surface area (Å²) < 4.78 is 46.8. The fourth-order valence-corrected chi connectivity index (χ4v) is 3.64. The monoisotopic (exact) mass is 529 g/mol. The maximum Gasteiger partial charge on any atom is 0.387 e. The first-order chi connectivity index (χ1) is 18.2. The van der Waals surface area contributed by atoms with E-state index in [2.05, 4.69) is 15.0 Å². The topological polar surface area (TPSA) is 126 Å². The Morgan fingerprint density at radius 1 is 1.16 bits per heavy atom. The summed E-state index contributed by atoms with van der Waals surface area (Å²) in [4.78, 5) is 29.1. The Kier molecular flexibility index (Phi) is 8.57. The Balaban J connectivity index is 1.54. The third kappa shape index (κ3) is 7.06. The maximum absolute atomic E-state index is 13.1. The predicted octanol–water partition coefficient (Wildman–Crippen LogP) is 5.11. The van der Waals surface area contributed by atoms with Crippen molar-refractivity contribution >= 4 is 17.6 Å². The number of hydrogen-bond donors (Lipinski definition) is 2. The summed E-state index contributed by atoms with van der Waals surface area (Å²) in [7, 11) is 0. The Morgan fingerprint density at radius 2 is 1.89 bits per heavy atom. The van der Waals surface area contributed by atoms with Crippen molar-refractivity contribution in [2.45, 2.75) is 45.8 Å². The van der Waals surface area contributed by atoms with Crippen LogP contribution in [-0.4, -0.2) is 36.7 Å². The van der Waals surface area contributed by atoms with E-state index in [0.29, 0.717) is 30.4 Å². The highest BCUT2D eigenvalue weighted by atomic mass is 19.3. The van der Waals surface area contributed by atoms with Crippen LogP contribution in [0.15, 0.2) is 46.9 Å². The van der Waals surface area contributed by atoms with E-state index in [1.54, 1.807) is 38.1 Å². The molecule has 9 nitrogen and oxygen atoms in total. The van der Waals surface area contributed by atoms with Crippen LogP contribution in [-0.2, 0) is 16.0 Å². The number of benzene rings is 2. The number of carbonyl (C=O) groups is 2. The van der Waals surface area contributed by atoms with Crippen molar-refractivity contribution in [2.75, 3.05) is 18.5 Å². The molecule has 202 valence electrons. The first-order valence-corrected chi connectivity index (χ1v) is 12.3. The number of amides is 1. The number of halogens is 2. The fourth-order valence-electron chi connectivity index (χ4n) is 3.64. The van der Waals surface area contributed by atoms with Crippen LogP contribution in [0.25, 0.3) is 11.5 Å². The third-order valence-electron chi connectivity index (χ3n) is 5.73. The first-order valence-electron chi connectivity index (χ1n) is 12.3. The molecule has 1 aliphatic rings. The maximum atomic E-state index is 13.1. The average Bonchev–Trinajstić information content (AvgIpc) is 3.59. The van der Waals surface area contributed by atoms with Gasteiger partial charge in [-0.25, -0.2) is 4.98 Å². The molecule has 0 unspecified atom stereocenters. The zero-order chi connectivity index (χ0) is 27.2. The number of oxazole rings is 1. The van der Waals surface area contributed by atoms with Crippen LogP contribution in [0, 0.1) is 5.92 Å². The standard InChI is InChI=1S/C27H29F2N3O6/c1-3-35-22(33)12-16-6-9-19(10-7-16)31-25(34)23-24(15(2)30)38-26(32-23)18-8-11-20(37-27(28)29)21(13-18)36-14-17-4-5-17/h6-11,13,15,17,27H,3-5,12,14,30H2,1-2H3,(H,31,34)/t15-/m0/s1. The highest BCUT2D eigenvalue weighted by molar-refractivity contribution is 6.04. The van der Waals surface area contributed by atoms with Crippen LogP contribution in [0.1, 0.15) is 54.5 Å². The van der Waals surface area contributed by atoms with Crippen LogP contribution in [0.4, 0.5) is 14.5 Å². The van der Waals surface area contributed by atoms with E-state index < -0.39 is 18.6 Å². The molecule has 11 heteroatoms. The molecule has 1 amide bonds. The predicted molar refractivity (Wildman–Crippen MR) is 134 cm³/mol. The zero-order valence-electron chi connectivity index (χ0n) is 21.0. The SMILES string of the molecule is CCOC(=O)Cc1ccc(NC(=O)c2nc(-c3ccc(OC(F)F)c(OCC4CC4)c3)oc2[C@H](C)N)cc1. The molecule has 1 atom stereocenters. The fraction of sp³-hybridized carbons (Fsp3) is 0.370. The minimum atomic E-state index is -3.01. The van der Waals surface area contributed by atoms with Crippen LogP contribution in [0.5, 0.6) is 11.5 Å². The Labute approximate surface area is 218 Å². The molecule has 1 aromatic heterocycles. The number of rotatable bonds is 12. The van der Waals surface area contributed by atoms with Crippen LogP contribution in [0.3, 0.4) is 0 Å². The number of anilines is 1. The highest BCUT2D eigenvalue weighted by Gasteiger charge is 2.26. The Hall–Kier alpha value is -3.99. The van der Waals surface area contributed by atoms with E-state index in [4.69, 9.17) is 19.6 Å². The van der Waals surface area contributed by atoms with E-state index in [-0.39, 0.29) is 41.2 Å². The van der Waals surface area contributed by atoms with Gasteiger partial charge in [0, 0.05) is 11.3 Å². The van der Waals surface area contributed by atoms with E-state index in [0.717, 1.165) is 18.4 Å². The largest absolute Gasteiger partial charge is 0.489 e. The van der Waals surface area contributed by atoms with Crippen molar-refractivity contribution in [3.8, 4) is 23.0 Å². The molecule has 4 rings (SSSR count). The first kappa shape index (κ1) is 27.1. The van der Waals surface area contributed by atoms with Crippen molar-refractivity contribution in [1.82, 2.24) is 4.98 Å². The van der Waals surface area contributed by atoms with Gasteiger partial charge in [0.25, 0.3) is 5.91 Å². The molecule has 38 heavy (non-hydrogen) atoms. The van der Waals surface area contributed by atoms with Crippen molar-refractivity contribution in [2.24, 2.45) is 11.7 Å². The lowest BCUT2D eigenvalue weighted by Crippen LogP contribution is -2.17. The van der Waals surface area contributed by atoms with Gasteiger partial charge in [0.1, 0.15) is 0 Å². The molecule has 1 aliphatic carbocycles. The van der Waals surface area contributed by atoms with Gasteiger partial charge in [-0.2, -0.15) is 8.78 Å². The number of aromatic nitrogens is 1. The molecule has 0 bridgehead atoms. The lowest BCUT2D eigenvalue weighted by Gasteiger charge is -2.12. The summed E-state index contributed by atoms with van der Waals surface area (Å²) >= 11 is 0. The molecule has 1 saturated carbocycles. The summed E-state index contributed by atoms with van der Waals surface area (Å²) in [6, 6.07) is 10.4. The zero-order valence-corrected chi connectivity index (χ0v) is 21.0. The van der Waals surface area contributed by atoms with E-state index >= 15 is 0 Å². The normalized spacial score (nSPS) is 13.7. The number of alkyl halides is 2. The summed E-state index contributed by atoms with van der Waals surface area (Å²) in [6.45, 7) is 1.06. The van der Waals surface area contributed by atoms with Crippen molar-refractivity contribution in [3.05, 3.63) is 59.5 Å². The van der Waals surface area contributed by atoms with E-state index in [1.165, 1.54) is 18.2 Å². The summed E-state index contributed by atoms with van der Waals surface area (Å²) in [5.41, 5.74) is 7.64. The van der Waals surface area contributed by atoms with Gasteiger partial charge in [-0.15, -0.1) is 0 Å². The second-order valence-electron chi connectivity index (χ2n) is 8.95. The second kappa shape index (κ2) is 12.0. The molecule has 0 saturated heterocycles. The minimum absolute atomic E-state index is 0.0149. The molecule has 1 heterocycles. The van der Waals surface area contributed by atoms with E-state index in [9.17, 15) is 18.4 Å². The molecule has 1 fully saturated rings. The number of hydrogen-bond acceptors (Lipinski definition) is 8. The Morgan fingerprint density at radius 3 is 2.53 bits per heavy atom. The number of nitrogens with one attached hydrogen (secondary N) is 1. The molecule has 3 aromatic rings. The second-order valence-corrected chi connectivity index (χ2v) is 8.95. The number of nitrogens with two attached hydrogens (primary N) is 1. The smallest absolute Gasteiger partial charge is 0.387 e. The van der Waals surface area contributed by atoms with Gasteiger partial charge in [0.05, 0.1) is 25.7 Å². The highest BCUT2D eigenvalue weighted by Crippen LogP contribution is 2.37. The van der Waals surface area contributed by atoms with Crippen molar-refractivity contribution < 1.29 is 37.0 Å². The van der Waals surface area contributed by atoms with Gasteiger partial charge in [-0.1, -0.05) is 12.1 Å². The number of nitrogens with zero attached hydrogens (tertiary/aromatic N) is 1. The number of carbonyl (C=O) groups excluding carboxylic acids is 2. The average molecular weight is 530 g/mol. The summed E-state index contributed by atoms with van der Waals surface area (Å²) in [5, 5.41) is 2.74. The van der Waals surface area contributed by atoms with Gasteiger partial charge in [-0.05, 0) is 68.5 Å². The van der Waals surface area contributed by atoms with Gasteiger partial charge in [0.15, 0.2) is 23.0 Å². The van der Waals surface area contributed by atoms with Gasteiger partial charge >= 0.3 is 12.6 Å². The number of ether oxygens (including phenoxy) is 3. The van der Waals surface area contributed by atoms with Gasteiger partial charge < -0.3 is 29.7 Å². The van der Waals surface area contributed by atoms with Gasteiger partial charge in [-0.3, -0.25) is 9.59 Å². The molecule has 0 radical (unpaired) electrons. The van der Waals surface area contributed by atoms with Crippen molar-refractivity contribution in [3.63, 3.8) is 0 Å². The lowest BCUT2D eigenvalue weighted by atomic mass is 10.1. The van der Waals surface area contributed by atoms with Crippen molar-refractivity contribution in [1.29, 1.82) is 0 Å². The molecular weight excluding hydrogens is 500 g/mol. The number of esters is 1. The summed E-state index contributed by atoms with van der Waals surface area (Å²) in [6.07, 6.45) is 2.17. The quantitative estimate of drug-likeness (QED) is 0.310. The van der Waals surface area contributed by atoms with Crippen LogP contribution in [0.2, 0.25) is 0 Å². The minimum Gasteiger partial charge on any atom is -0.489 e. The van der Waals surface area contributed by atoms with Crippen LogP contribution < -0.4 is 20.5 Å². The Bertz CT molecular complexity index is 1270. The third-order valence-corrected chi connectivity index (χ3v) is 5.73. The van der Waals surface area contributed by atoms with Crippen LogP contribution >= 0.6 is 0 Å². The molecule has 2 aromatic carbocycles. The molecule has 3 N–H and O–H groups in total.